The summed E-state index contributed by atoms with van der Waals surface area (Å²) in [5, 5.41) is 0. The largest absolute Gasteiger partial charge is 0.0654 e. The Morgan fingerprint density at radius 3 is 2.67 bits per heavy atom. The van der Waals surface area contributed by atoms with Crippen molar-refractivity contribution >= 4 is 0 Å². The monoisotopic (exact) mass is 243 g/mol. The summed E-state index contributed by atoms with van der Waals surface area (Å²) in [4.78, 5) is 0. The number of aryl methyl sites for hydroxylation is 1. The quantitative estimate of drug-likeness (QED) is 0.566. The highest BCUT2D eigenvalue weighted by atomic mass is 14.2. The maximum Gasteiger partial charge on any atom is -0.0111 e. The van der Waals surface area contributed by atoms with Gasteiger partial charge in [-0.1, -0.05) is 63.6 Å². The molecular weight excluding hydrogens is 216 g/mol. The third-order valence-electron chi connectivity index (χ3n) is 4.22. The summed E-state index contributed by atoms with van der Waals surface area (Å²) in [6.07, 6.45) is 13.7. The van der Waals surface area contributed by atoms with E-state index in [1.165, 1.54) is 75.3 Å². The van der Waals surface area contributed by atoms with E-state index < -0.39 is 0 Å². The summed E-state index contributed by atoms with van der Waals surface area (Å²) in [6, 6.07) is 10.5. The van der Waals surface area contributed by atoms with Crippen LogP contribution in [0.15, 0.2) is 18.2 Å². The van der Waals surface area contributed by atoms with Crippen molar-refractivity contribution in [3.05, 3.63) is 35.4 Å². The Morgan fingerprint density at radius 1 is 1.06 bits per heavy atom. The van der Waals surface area contributed by atoms with Gasteiger partial charge < -0.3 is 0 Å². The van der Waals surface area contributed by atoms with Crippen molar-refractivity contribution in [2.75, 3.05) is 0 Å². The number of rotatable bonds is 6. The van der Waals surface area contributed by atoms with Gasteiger partial charge in [0.1, 0.15) is 0 Å². The second kappa shape index (κ2) is 7.61. The van der Waals surface area contributed by atoms with E-state index in [1.807, 2.05) is 0 Å². The molecule has 1 saturated carbocycles. The average molecular weight is 243 g/mol. The highest BCUT2D eigenvalue weighted by Crippen LogP contribution is 2.32. The van der Waals surface area contributed by atoms with Crippen LogP contribution in [0.3, 0.4) is 0 Å². The molecule has 0 unspecified atom stereocenters. The van der Waals surface area contributed by atoms with Crippen LogP contribution in [0.5, 0.6) is 0 Å². The molecule has 1 aliphatic rings. The van der Waals surface area contributed by atoms with Gasteiger partial charge in [-0.2, -0.15) is 0 Å². The second-order valence-corrected chi connectivity index (χ2v) is 5.78. The van der Waals surface area contributed by atoms with Crippen molar-refractivity contribution < 1.29 is 0 Å². The van der Waals surface area contributed by atoms with Gasteiger partial charge in [0.15, 0.2) is 0 Å². The van der Waals surface area contributed by atoms with Gasteiger partial charge in [-0.15, -0.1) is 0 Å². The molecule has 1 aliphatic carbocycles. The van der Waals surface area contributed by atoms with E-state index in [0.717, 1.165) is 5.92 Å². The maximum absolute atomic E-state index is 3.69. The molecule has 0 aromatic heterocycles. The summed E-state index contributed by atoms with van der Waals surface area (Å²) < 4.78 is 0. The van der Waals surface area contributed by atoms with Crippen molar-refractivity contribution in [1.29, 1.82) is 0 Å². The zero-order valence-electron chi connectivity index (χ0n) is 11.9. The van der Waals surface area contributed by atoms with Crippen molar-refractivity contribution in [2.45, 2.75) is 77.0 Å². The van der Waals surface area contributed by atoms with E-state index in [9.17, 15) is 0 Å². The SMILES string of the molecule is CCCCCCc1[c]c(C2CCCCC2)ccc1. The van der Waals surface area contributed by atoms with Crippen LogP contribution in [-0.4, -0.2) is 0 Å². The minimum atomic E-state index is 0.800. The van der Waals surface area contributed by atoms with Crippen molar-refractivity contribution in [1.82, 2.24) is 0 Å². The normalized spacial score (nSPS) is 16.9. The van der Waals surface area contributed by atoms with E-state index in [-0.39, 0.29) is 0 Å². The first-order chi connectivity index (χ1) is 8.90. The molecule has 0 nitrogen and oxygen atoms in total. The lowest BCUT2D eigenvalue weighted by molar-refractivity contribution is 0.443. The lowest BCUT2D eigenvalue weighted by atomic mass is 9.83. The zero-order valence-corrected chi connectivity index (χ0v) is 11.9. The van der Waals surface area contributed by atoms with E-state index in [0.29, 0.717) is 0 Å². The van der Waals surface area contributed by atoms with Gasteiger partial charge >= 0.3 is 0 Å². The van der Waals surface area contributed by atoms with Crippen LogP contribution in [0.4, 0.5) is 0 Å². The first-order valence-electron chi connectivity index (χ1n) is 7.91. The maximum atomic E-state index is 3.69. The van der Waals surface area contributed by atoms with Gasteiger partial charge in [-0.05, 0) is 48.8 Å². The molecule has 2 rings (SSSR count). The molecular formula is C18H27. The fourth-order valence-electron chi connectivity index (χ4n) is 3.08. The Morgan fingerprint density at radius 2 is 1.89 bits per heavy atom. The third-order valence-corrected chi connectivity index (χ3v) is 4.22. The molecule has 0 bridgehead atoms. The van der Waals surface area contributed by atoms with Crippen LogP contribution < -0.4 is 0 Å². The first kappa shape index (κ1) is 13.6. The van der Waals surface area contributed by atoms with Crippen molar-refractivity contribution in [3.8, 4) is 0 Å². The Bertz CT molecular complexity index is 334. The van der Waals surface area contributed by atoms with Gasteiger partial charge in [0.05, 0.1) is 0 Å². The molecule has 1 radical (unpaired) electrons. The molecule has 0 amide bonds. The smallest absolute Gasteiger partial charge is 0.0111 e. The Balaban J connectivity index is 1.88. The van der Waals surface area contributed by atoms with Gasteiger partial charge in [0.2, 0.25) is 0 Å². The second-order valence-electron chi connectivity index (χ2n) is 5.78. The molecule has 99 valence electrons. The Hall–Kier alpha value is -0.780. The highest BCUT2D eigenvalue weighted by molar-refractivity contribution is 5.25. The van der Waals surface area contributed by atoms with Crippen LogP contribution >= 0.6 is 0 Å². The van der Waals surface area contributed by atoms with Crippen molar-refractivity contribution in [2.24, 2.45) is 0 Å². The summed E-state index contributed by atoms with van der Waals surface area (Å²) in [5.41, 5.74) is 2.93. The minimum absolute atomic E-state index is 0.800. The zero-order chi connectivity index (χ0) is 12.6. The van der Waals surface area contributed by atoms with E-state index in [2.05, 4.69) is 31.2 Å². The highest BCUT2D eigenvalue weighted by Gasteiger charge is 2.15. The molecule has 1 fully saturated rings. The van der Waals surface area contributed by atoms with Crippen LogP contribution in [-0.2, 0) is 6.42 Å². The van der Waals surface area contributed by atoms with Gasteiger partial charge in [0, 0.05) is 0 Å². The molecule has 18 heavy (non-hydrogen) atoms. The summed E-state index contributed by atoms with van der Waals surface area (Å²) in [6.45, 7) is 2.27. The molecule has 0 aliphatic heterocycles. The number of hydrogen-bond acceptors (Lipinski definition) is 0. The Kier molecular flexibility index (Phi) is 5.77. The van der Waals surface area contributed by atoms with Crippen molar-refractivity contribution in [3.63, 3.8) is 0 Å². The van der Waals surface area contributed by atoms with Crippen LogP contribution in [0.2, 0.25) is 0 Å². The lowest BCUT2D eigenvalue weighted by Gasteiger charge is -2.22. The predicted octanol–water partition coefficient (Wildman–Crippen LogP) is 5.66. The number of hydrogen-bond donors (Lipinski definition) is 0. The topological polar surface area (TPSA) is 0 Å². The average Bonchev–Trinajstić information content (AvgIpc) is 2.45. The van der Waals surface area contributed by atoms with E-state index >= 15 is 0 Å². The van der Waals surface area contributed by atoms with Gasteiger partial charge in [-0.3, -0.25) is 0 Å². The van der Waals surface area contributed by atoms with Crippen LogP contribution in [0, 0.1) is 6.07 Å². The third kappa shape index (κ3) is 4.15. The predicted molar refractivity (Wildman–Crippen MR) is 79.0 cm³/mol. The fraction of sp³-hybridized carbons (Fsp3) is 0.667. The molecule has 0 saturated heterocycles. The summed E-state index contributed by atoms with van der Waals surface area (Å²) >= 11 is 0. The molecule has 1 aromatic rings. The first-order valence-corrected chi connectivity index (χ1v) is 7.91. The summed E-state index contributed by atoms with van der Waals surface area (Å²) in [5.74, 6) is 0.800. The molecule has 0 spiro atoms. The molecule has 0 heteroatoms. The lowest BCUT2D eigenvalue weighted by Crippen LogP contribution is -2.05. The molecule has 0 atom stereocenters. The van der Waals surface area contributed by atoms with E-state index in [1.54, 1.807) is 0 Å². The standard InChI is InChI=1S/C18H27/c1-2-3-4-6-10-16-11-9-14-18(15-16)17-12-7-5-8-13-17/h9,11,14,17H,2-8,10,12-13H2,1H3. The number of benzene rings is 1. The van der Waals surface area contributed by atoms with E-state index in [4.69, 9.17) is 0 Å². The molecule has 1 aromatic carbocycles. The number of unbranched alkanes of at least 4 members (excludes halogenated alkanes) is 3. The van der Waals surface area contributed by atoms with Gasteiger partial charge in [0.25, 0.3) is 0 Å². The van der Waals surface area contributed by atoms with Crippen LogP contribution in [0.25, 0.3) is 0 Å². The van der Waals surface area contributed by atoms with Crippen LogP contribution in [0.1, 0.15) is 81.8 Å². The summed E-state index contributed by atoms with van der Waals surface area (Å²) in [7, 11) is 0. The molecule has 0 N–H and O–H groups in total. The fourth-order valence-corrected chi connectivity index (χ4v) is 3.08. The minimum Gasteiger partial charge on any atom is -0.0654 e. The Labute approximate surface area is 113 Å². The molecule has 0 heterocycles. The van der Waals surface area contributed by atoms with Gasteiger partial charge in [-0.25, -0.2) is 0 Å².